The summed E-state index contributed by atoms with van der Waals surface area (Å²) in [6.07, 6.45) is 0. The van der Waals surface area contributed by atoms with E-state index in [9.17, 15) is 8.42 Å². The van der Waals surface area contributed by atoms with Crippen molar-refractivity contribution in [1.29, 1.82) is 0 Å². The van der Waals surface area contributed by atoms with Crippen molar-refractivity contribution in [1.82, 2.24) is 15.0 Å². The highest BCUT2D eigenvalue weighted by Crippen LogP contribution is 2.25. The minimum absolute atomic E-state index is 0.0824. The highest BCUT2D eigenvalue weighted by molar-refractivity contribution is 9.10. The molecule has 2 aromatic rings. The number of halogens is 2. The van der Waals surface area contributed by atoms with Gasteiger partial charge in [0.2, 0.25) is 5.03 Å². The van der Waals surface area contributed by atoms with Crippen LogP contribution in [-0.2, 0) is 17.1 Å². The molecule has 0 saturated heterocycles. The molecule has 7 nitrogen and oxygen atoms in total. The van der Waals surface area contributed by atoms with Gasteiger partial charge in [-0.2, -0.15) is 8.42 Å². The lowest BCUT2D eigenvalue weighted by atomic mass is 10.3. The van der Waals surface area contributed by atoms with E-state index in [1.54, 1.807) is 0 Å². The maximum absolute atomic E-state index is 12.2. The van der Waals surface area contributed by atoms with Crippen LogP contribution in [0.2, 0.25) is 5.02 Å². The molecule has 1 aromatic heterocycles. The highest BCUT2D eigenvalue weighted by atomic mass is 79.9. The average molecular weight is 367 g/mol. The van der Waals surface area contributed by atoms with Gasteiger partial charge in [-0.05, 0) is 34.1 Å². The van der Waals surface area contributed by atoms with Gasteiger partial charge in [-0.25, -0.2) is 4.68 Å². The summed E-state index contributed by atoms with van der Waals surface area (Å²) in [7, 11) is -2.34. The van der Waals surface area contributed by atoms with E-state index >= 15 is 0 Å². The van der Waals surface area contributed by atoms with Crippen molar-refractivity contribution in [3.8, 4) is 0 Å². The molecule has 0 saturated carbocycles. The van der Waals surface area contributed by atoms with Gasteiger partial charge >= 0.3 is 0 Å². The Balaban J connectivity index is 2.39. The van der Waals surface area contributed by atoms with Crippen LogP contribution in [0.15, 0.2) is 27.8 Å². The summed E-state index contributed by atoms with van der Waals surface area (Å²) in [5, 5.41) is 7.50. The molecule has 0 amide bonds. The number of hydrogen-bond donors (Lipinski definition) is 2. The van der Waals surface area contributed by atoms with Crippen molar-refractivity contribution in [2.75, 3.05) is 10.5 Å². The quantitative estimate of drug-likeness (QED) is 0.803. The van der Waals surface area contributed by atoms with Gasteiger partial charge in [0.05, 0.1) is 16.4 Å². The number of rotatable bonds is 3. The van der Waals surface area contributed by atoms with E-state index in [1.165, 1.54) is 25.2 Å². The first-order valence-electron chi connectivity index (χ1n) is 4.94. The summed E-state index contributed by atoms with van der Waals surface area (Å²) >= 11 is 8.80. The van der Waals surface area contributed by atoms with Crippen molar-refractivity contribution in [3.05, 3.63) is 27.8 Å². The molecule has 19 heavy (non-hydrogen) atoms. The van der Waals surface area contributed by atoms with Crippen LogP contribution in [-0.4, -0.2) is 23.4 Å². The molecule has 0 spiro atoms. The van der Waals surface area contributed by atoms with Crippen LogP contribution in [0, 0.1) is 0 Å². The van der Waals surface area contributed by atoms with Gasteiger partial charge in [-0.1, -0.05) is 16.8 Å². The fourth-order valence-corrected chi connectivity index (χ4v) is 3.68. The van der Waals surface area contributed by atoms with E-state index in [0.29, 0.717) is 10.7 Å². The van der Waals surface area contributed by atoms with Gasteiger partial charge in [0.15, 0.2) is 4.60 Å². The summed E-state index contributed by atoms with van der Waals surface area (Å²) in [6, 6.07) is 4.44. The smallest absolute Gasteiger partial charge is 0.281 e. The zero-order valence-corrected chi connectivity index (χ0v) is 12.8. The molecule has 3 N–H and O–H groups in total. The van der Waals surface area contributed by atoms with Gasteiger partial charge in [0.25, 0.3) is 10.0 Å². The molecule has 0 unspecified atom stereocenters. The number of nitrogens with two attached hydrogens (primary N) is 1. The van der Waals surface area contributed by atoms with E-state index in [1.807, 2.05) is 0 Å². The van der Waals surface area contributed by atoms with Crippen molar-refractivity contribution < 1.29 is 8.42 Å². The van der Waals surface area contributed by atoms with Crippen LogP contribution in [0.3, 0.4) is 0 Å². The maximum Gasteiger partial charge on any atom is 0.281 e. The number of hydrogen-bond acceptors (Lipinski definition) is 5. The Bertz CT molecular complexity index is 711. The zero-order chi connectivity index (χ0) is 14.2. The molecule has 102 valence electrons. The molecule has 2 rings (SSSR count). The van der Waals surface area contributed by atoms with Gasteiger partial charge in [0, 0.05) is 7.05 Å². The number of anilines is 2. The molecule has 0 atom stereocenters. The summed E-state index contributed by atoms with van der Waals surface area (Å²) in [5.74, 6) is 0. The third-order valence-corrected chi connectivity index (χ3v) is 4.85. The fraction of sp³-hybridized carbons (Fsp3) is 0.111. The minimum atomic E-state index is -3.82. The second-order valence-corrected chi connectivity index (χ2v) is 6.41. The lowest BCUT2D eigenvalue weighted by Crippen LogP contribution is -2.17. The number of nitrogens with one attached hydrogen (secondary N) is 1. The maximum atomic E-state index is 12.2. The molecule has 0 aliphatic carbocycles. The summed E-state index contributed by atoms with van der Waals surface area (Å²) in [4.78, 5) is 0. The van der Waals surface area contributed by atoms with Crippen LogP contribution in [0.25, 0.3) is 0 Å². The fourth-order valence-electron chi connectivity index (χ4n) is 1.42. The summed E-state index contributed by atoms with van der Waals surface area (Å²) in [5.41, 5.74) is 6.19. The Morgan fingerprint density at radius 1 is 1.47 bits per heavy atom. The van der Waals surface area contributed by atoms with Crippen LogP contribution in [0.1, 0.15) is 0 Å². The van der Waals surface area contributed by atoms with Gasteiger partial charge in [-0.15, -0.1) is 5.10 Å². The molecule has 10 heteroatoms. The Hall–Kier alpha value is -1.32. The Kier molecular flexibility index (Phi) is 3.70. The number of benzene rings is 1. The third kappa shape index (κ3) is 2.82. The Labute approximate surface area is 122 Å². The van der Waals surface area contributed by atoms with E-state index in [4.69, 9.17) is 17.3 Å². The van der Waals surface area contributed by atoms with Gasteiger partial charge < -0.3 is 5.73 Å². The molecule has 0 fully saturated rings. The third-order valence-electron chi connectivity index (χ3n) is 2.24. The molecule has 0 radical (unpaired) electrons. The first-order valence-corrected chi connectivity index (χ1v) is 7.59. The first kappa shape index (κ1) is 14.1. The molecular formula is C9H9BrClN5O2S. The highest BCUT2D eigenvalue weighted by Gasteiger charge is 2.24. The number of aromatic nitrogens is 3. The zero-order valence-electron chi connectivity index (χ0n) is 9.63. The van der Waals surface area contributed by atoms with E-state index in [-0.39, 0.29) is 15.3 Å². The van der Waals surface area contributed by atoms with E-state index < -0.39 is 10.0 Å². The van der Waals surface area contributed by atoms with Gasteiger partial charge in [-0.3, -0.25) is 4.72 Å². The van der Waals surface area contributed by atoms with Crippen molar-refractivity contribution in [2.24, 2.45) is 7.05 Å². The van der Waals surface area contributed by atoms with E-state index in [0.717, 1.165) is 4.68 Å². The molecule has 0 bridgehead atoms. The lowest BCUT2D eigenvalue weighted by molar-refractivity contribution is 0.578. The molecule has 1 aromatic carbocycles. The van der Waals surface area contributed by atoms with Crippen molar-refractivity contribution in [3.63, 3.8) is 0 Å². The first-order chi connectivity index (χ1) is 8.81. The van der Waals surface area contributed by atoms with Crippen LogP contribution >= 0.6 is 27.5 Å². The molecular weight excluding hydrogens is 358 g/mol. The standard InChI is InChI=1S/C9H9BrClN5O2S/c1-16-9(8(10)13-15-16)19(17,18)14-5-2-3-6(11)7(12)4-5/h2-4,14H,12H2,1H3. The monoisotopic (exact) mass is 365 g/mol. The van der Waals surface area contributed by atoms with E-state index in [2.05, 4.69) is 31.0 Å². The summed E-state index contributed by atoms with van der Waals surface area (Å²) in [6.45, 7) is 0. The second kappa shape index (κ2) is 4.99. The lowest BCUT2D eigenvalue weighted by Gasteiger charge is -2.09. The normalized spacial score (nSPS) is 11.5. The van der Waals surface area contributed by atoms with Crippen molar-refractivity contribution >= 4 is 48.9 Å². The minimum Gasteiger partial charge on any atom is -0.397 e. The number of sulfonamides is 1. The molecule has 1 heterocycles. The largest absolute Gasteiger partial charge is 0.397 e. The number of nitrogens with zero attached hydrogens (tertiary/aromatic N) is 3. The second-order valence-electron chi connectivity index (χ2n) is 3.65. The molecule has 0 aliphatic rings. The number of nitrogen functional groups attached to an aromatic ring is 1. The van der Waals surface area contributed by atoms with Crippen molar-refractivity contribution in [2.45, 2.75) is 5.03 Å². The summed E-state index contributed by atoms with van der Waals surface area (Å²) < 4.78 is 28.0. The predicted octanol–water partition coefficient (Wildman–Crippen LogP) is 1.61. The predicted molar refractivity (Wildman–Crippen MR) is 75.4 cm³/mol. The van der Waals surface area contributed by atoms with Crippen LogP contribution in [0.5, 0.6) is 0 Å². The SMILES string of the molecule is Cn1nnc(Br)c1S(=O)(=O)Nc1ccc(Cl)c(N)c1. The Morgan fingerprint density at radius 3 is 2.68 bits per heavy atom. The topological polar surface area (TPSA) is 103 Å². The number of aryl methyl sites for hydroxylation is 1. The van der Waals surface area contributed by atoms with Gasteiger partial charge in [0.1, 0.15) is 0 Å². The Morgan fingerprint density at radius 2 is 2.16 bits per heavy atom. The molecule has 0 aliphatic heterocycles. The average Bonchev–Trinajstić information content (AvgIpc) is 2.64. The van der Waals surface area contributed by atoms with Crippen LogP contribution in [0.4, 0.5) is 11.4 Å². The van der Waals surface area contributed by atoms with Crippen LogP contribution < -0.4 is 10.5 Å².